The number of rotatable bonds is 2. The Morgan fingerprint density at radius 1 is 1.12 bits per heavy atom. The predicted octanol–water partition coefficient (Wildman–Crippen LogP) is 4.74. The van der Waals surface area contributed by atoms with E-state index in [1.165, 1.54) is 0 Å². The maximum atomic E-state index is 5.97. The van der Waals surface area contributed by atoms with Gasteiger partial charge in [0.25, 0.3) is 0 Å². The van der Waals surface area contributed by atoms with Gasteiger partial charge in [0.15, 0.2) is 0 Å². The Hall–Kier alpha value is 0.0900. The molecule has 0 aliphatic heterocycles. The van der Waals surface area contributed by atoms with Gasteiger partial charge in [0.05, 0.1) is 3.57 Å². The molecule has 0 radical (unpaired) electrons. The van der Waals surface area contributed by atoms with Gasteiger partial charge in [-0.25, -0.2) is 9.97 Å². The number of nitrogens with zero attached hydrogens (tertiary/aromatic N) is 2. The fourth-order valence-electron chi connectivity index (χ4n) is 1.33. The Morgan fingerprint density at radius 3 is 2.29 bits per heavy atom. The van der Waals surface area contributed by atoms with E-state index in [2.05, 4.69) is 25.9 Å². The van der Waals surface area contributed by atoms with Crippen LogP contribution in [0.1, 0.15) is 11.4 Å². The highest BCUT2D eigenvalue weighted by atomic mass is 127. The fraction of sp³-hybridized carbons (Fsp3) is 0.0909. The van der Waals surface area contributed by atoms with Crippen molar-refractivity contribution in [2.45, 2.75) is 6.42 Å². The minimum Gasteiger partial charge on any atom is -0.220 e. The van der Waals surface area contributed by atoms with E-state index < -0.39 is 0 Å². The molecule has 0 unspecified atom stereocenters. The van der Waals surface area contributed by atoms with Crippen LogP contribution in [0.15, 0.2) is 28.7 Å². The van der Waals surface area contributed by atoms with Gasteiger partial charge in [-0.05, 0) is 34.2 Å². The summed E-state index contributed by atoms with van der Waals surface area (Å²) in [7, 11) is 0. The molecule has 0 bridgehead atoms. The standard InChI is InChI=1S/C11H6BrCl2IN2/c12-7-4-2-1-3-6(7)5-8-16-10(13)9(15)11(14)17-8/h1-4H,5H2. The minimum absolute atomic E-state index is 0.396. The lowest BCUT2D eigenvalue weighted by Crippen LogP contribution is -2.00. The molecule has 2 rings (SSSR count). The van der Waals surface area contributed by atoms with Gasteiger partial charge in [-0.3, -0.25) is 0 Å². The zero-order chi connectivity index (χ0) is 12.4. The first-order valence-corrected chi connectivity index (χ1v) is 7.31. The Morgan fingerprint density at radius 2 is 1.71 bits per heavy atom. The van der Waals surface area contributed by atoms with Gasteiger partial charge in [0.1, 0.15) is 16.1 Å². The van der Waals surface area contributed by atoms with Crippen molar-refractivity contribution < 1.29 is 0 Å². The van der Waals surface area contributed by atoms with Crippen molar-refractivity contribution in [1.82, 2.24) is 9.97 Å². The molecular formula is C11H6BrCl2IN2. The smallest absolute Gasteiger partial charge is 0.147 e. The number of benzene rings is 1. The number of halogens is 4. The highest BCUT2D eigenvalue weighted by molar-refractivity contribution is 14.1. The first-order chi connectivity index (χ1) is 8.08. The third-order valence-corrected chi connectivity index (χ3v) is 5.10. The molecule has 6 heteroatoms. The molecule has 88 valence electrons. The summed E-state index contributed by atoms with van der Waals surface area (Å²) in [5.41, 5.74) is 1.10. The molecule has 0 atom stereocenters. The second kappa shape index (κ2) is 5.82. The maximum absolute atomic E-state index is 5.97. The van der Waals surface area contributed by atoms with Crippen molar-refractivity contribution in [3.05, 3.63) is 54.0 Å². The van der Waals surface area contributed by atoms with Gasteiger partial charge >= 0.3 is 0 Å². The second-order valence-electron chi connectivity index (χ2n) is 3.30. The summed E-state index contributed by atoms with van der Waals surface area (Å²) in [6, 6.07) is 7.91. The summed E-state index contributed by atoms with van der Waals surface area (Å²) in [6.07, 6.45) is 0.595. The maximum Gasteiger partial charge on any atom is 0.147 e. The SMILES string of the molecule is Clc1nc(Cc2ccccc2Br)nc(Cl)c1I. The molecule has 1 heterocycles. The van der Waals surface area contributed by atoms with Gasteiger partial charge in [0.2, 0.25) is 0 Å². The molecule has 1 aromatic carbocycles. The predicted molar refractivity (Wildman–Crippen MR) is 81.7 cm³/mol. The quantitative estimate of drug-likeness (QED) is 0.495. The van der Waals surface area contributed by atoms with Crippen LogP contribution in [0.5, 0.6) is 0 Å². The first-order valence-electron chi connectivity index (χ1n) is 4.68. The topological polar surface area (TPSA) is 25.8 Å². The summed E-state index contributed by atoms with van der Waals surface area (Å²) in [4.78, 5) is 8.42. The minimum atomic E-state index is 0.396. The summed E-state index contributed by atoms with van der Waals surface area (Å²) in [6.45, 7) is 0. The summed E-state index contributed by atoms with van der Waals surface area (Å²) < 4.78 is 1.70. The van der Waals surface area contributed by atoms with Gasteiger partial charge in [-0.2, -0.15) is 0 Å². The monoisotopic (exact) mass is 442 g/mol. The third kappa shape index (κ3) is 3.30. The zero-order valence-corrected chi connectivity index (χ0v) is 13.7. The molecule has 0 aliphatic rings. The lowest BCUT2D eigenvalue weighted by atomic mass is 10.1. The van der Waals surface area contributed by atoms with Gasteiger partial charge in [-0.1, -0.05) is 57.3 Å². The summed E-state index contributed by atoms with van der Waals surface area (Å²) in [5, 5.41) is 0.792. The number of hydrogen-bond donors (Lipinski definition) is 0. The van der Waals surface area contributed by atoms with Gasteiger partial charge in [-0.15, -0.1) is 0 Å². The molecule has 17 heavy (non-hydrogen) atoms. The van der Waals surface area contributed by atoms with Crippen LogP contribution in [0.2, 0.25) is 10.3 Å². The number of hydrogen-bond acceptors (Lipinski definition) is 2. The van der Waals surface area contributed by atoms with Crippen LogP contribution in [-0.4, -0.2) is 9.97 Å². The van der Waals surface area contributed by atoms with Crippen molar-refractivity contribution in [2.24, 2.45) is 0 Å². The lowest BCUT2D eigenvalue weighted by Gasteiger charge is -2.05. The summed E-state index contributed by atoms with van der Waals surface area (Å²) >= 11 is 17.4. The highest BCUT2D eigenvalue weighted by Crippen LogP contribution is 2.24. The molecule has 0 aliphatic carbocycles. The Balaban J connectivity index is 2.34. The zero-order valence-electron chi connectivity index (χ0n) is 8.42. The molecule has 1 aromatic heterocycles. The van der Waals surface area contributed by atoms with Crippen LogP contribution in [-0.2, 0) is 6.42 Å². The Labute approximate surface area is 131 Å². The average molecular weight is 444 g/mol. The molecule has 2 nitrogen and oxygen atoms in total. The van der Waals surface area contributed by atoms with E-state index >= 15 is 0 Å². The van der Waals surface area contributed by atoms with Gasteiger partial charge < -0.3 is 0 Å². The van der Waals surface area contributed by atoms with Crippen molar-refractivity contribution in [3.8, 4) is 0 Å². The second-order valence-corrected chi connectivity index (χ2v) is 5.95. The van der Waals surface area contributed by atoms with Crippen LogP contribution in [0.3, 0.4) is 0 Å². The average Bonchev–Trinajstić information content (AvgIpc) is 2.29. The van der Waals surface area contributed by atoms with Crippen LogP contribution < -0.4 is 0 Å². The molecular weight excluding hydrogens is 438 g/mol. The normalized spacial score (nSPS) is 10.6. The Bertz CT molecular complexity index is 540. The van der Waals surface area contributed by atoms with Crippen LogP contribution in [0.25, 0.3) is 0 Å². The fourth-order valence-corrected chi connectivity index (χ4v) is 2.41. The van der Waals surface area contributed by atoms with Crippen molar-refractivity contribution in [1.29, 1.82) is 0 Å². The molecule has 2 aromatic rings. The van der Waals surface area contributed by atoms with Crippen LogP contribution >= 0.6 is 61.7 Å². The molecule has 0 fully saturated rings. The molecule has 0 spiro atoms. The van der Waals surface area contributed by atoms with E-state index in [1.807, 2.05) is 46.9 Å². The van der Waals surface area contributed by atoms with Crippen molar-refractivity contribution in [2.75, 3.05) is 0 Å². The molecule has 0 saturated heterocycles. The van der Waals surface area contributed by atoms with E-state index in [1.54, 1.807) is 0 Å². The highest BCUT2D eigenvalue weighted by Gasteiger charge is 2.10. The summed E-state index contributed by atoms with van der Waals surface area (Å²) in [5.74, 6) is 0.618. The van der Waals surface area contributed by atoms with Gasteiger partial charge in [0, 0.05) is 10.9 Å². The first kappa shape index (κ1) is 13.5. The van der Waals surface area contributed by atoms with E-state index in [0.29, 0.717) is 26.1 Å². The lowest BCUT2D eigenvalue weighted by molar-refractivity contribution is 0.958. The van der Waals surface area contributed by atoms with Crippen LogP contribution in [0.4, 0.5) is 0 Å². The molecule has 0 saturated carbocycles. The van der Waals surface area contributed by atoms with Crippen molar-refractivity contribution in [3.63, 3.8) is 0 Å². The van der Waals surface area contributed by atoms with E-state index in [9.17, 15) is 0 Å². The van der Waals surface area contributed by atoms with E-state index in [-0.39, 0.29) is 0 Å². The molecule has 0 N–H and O–H groups in total. The third-order valence-electron chi connectivity index (χ3n) is 2.12. The van der Waals surface area contributed by atoms with Crippen molar-refractivity contribution >= 4 is 61.7 Å². The van der Waals surface area contributed by atoms with E-state index in [4.69, 9.17) is 23.2 Å². The molecule has 0 amide bonds. The Kier molecular flexibility index (Phi) is 4.63. The van der Waals surface area contributed by atoms with Crippen LogP contribution in [0, 0.1) is 3.57 Å². The number of aromatic nitrogens is 2. The van der Waals surface area contributed by atoms with E-state index in [0.717, 1.165) is 10.0 Å². The largest absolute Gasteiger partial charge is 0.220 e.